The number of amides is 1. The Bertz CT molecular complexity index is 722. The van der Waals surface area contributed by atoms with Crippen LogP contribution in [-0.4, -0.2) is 44.9 Å². The molecule has 2 N–H and O–H groups in total. The van der Waals surface area contributed by atoms with Crippen LogP contribution in [-0.2, 0) is 11.2 Å². The van der Waals surface area contributed by atoms with Crippen LogP contribution in [0.4, 0.5) is 0 Å². The minimum absolute atomic E-state index is 0.109. The zero-order chi connectivity index (χ0) is 17.3. The summed E-state index contributed by atoms with van der Waals surface area (Å²) in [4.78, 5) is 14.6. The number of benzene rings is 1. The summed E-state index contributed by atoms with van der Waals surface area (Å²) in [6.07, 6.45) is 1.27. The van der Waals surface area contributed by atoms with E-state index in [1.165, 1.54) is 5.56 Å². The van der Waals surface area contributed by atoms with Crippen molar-refractivity contribution in [1.29, 1.82) is 0 Å². The van der Waals surface area contributed by atoms with E-state index < -0.39 is 0 Å². The first-order valence-electron chi connectivity index (χ1n) is 8.47. The van der Waals surface area contributed by atoms with Gasteiger partial charge >= 0.3 is 0 Å². The summed E-state index contributed by atoms with van der Waals surface area (Å²) in [6, 6.07) is 8.35. The van der Waals surface area contributed by atoms with E-state index in [9.17, 15) is 4.79 Å². The topological polar surface area (TPSA) is 77.0 Å². The van der Waals surface area contributed by atoms with Gasteiger partial charge < -0.3 is 10.6 Å². The quantitative estimate of drug-likeness (QED) is 0.926. The van der Waals surface area contributed by atoms with Crippen molar-refractivity contribution < 1.29 is 4.79 Å². The molecule has 1 saturated heterocycles. The third-order valence-corrected chi connectivity index (χ3v) is 4.90. The number of hydrogen-bond acceptors (Lipinski definition) is 4. The SMILES string of the molecule is Cc1ccc(-n2nnc(CC(=O)N3CC(CN)CC3C)c2C)cc1. The van der Waals surface area contributed by atoms with Gasteiger partial charge in [0.15, 0.2) is 0 Å². The molecule has 0 radical (unpaired) electrons. The van der Waals surface area contributed by atoms with Crippen molar-refractivity contribution in [2.24, 2.45) is 11.7 Å². The van der Waals surface area contributed by atoms with E-state index in [0.29, 0.717) is 18.9 Å². The average molecular weight is 327 g/mol. The first-order valence-corrected chi connectivity index (χ1v) is 8.47. The molecule has 1 aromatic carbocycles. The minimum Gasteiger partial charge on any atom is -0.339 e. The van der Waals surface area contributed by atoms with E-state index >= 15 is 0 Å². The molecular weight excluding hydrogens is 302 g/mol. The van der Waals surface area contributed by atoms with Crippen LogP contribution >= 0.6 is 0 Å². The molecule has 0 aliphatic carbocycles. The fourth-order valence-corrected chi connectivity index (χ4v) is 3.36. The summed E-state index contributed by atoms with van der Waals surface area (Å²) in [5, 5.41) is 8.45. The van der Waals surface area contributed by atoms with E-state index in [1.807, 2.05) is 43.0 Å². The molecule has 1 amide bonds. The summed E-state index contributed by atoms with van der Waals surface area (Å²) in [5.74, 6) is 0.519. The molecule has 3 rings (SSSR count). The molecule has 1 aromatic heterocycles. The normalized spacial score (nSPS) is 20.6. The second kappa shape index (κ2) is 6.73. The van der Waals surface area contributed by atoms with Crippen molar-refractivity contribution in [3.05, 3.63) is 41.2 Å². The van der Waals surface area contributed by atoms with E-state index in [0.717, 1.165) is 30.0 Å². The van der Waals surface area contributed by atoms with Crippen LogP contribution in [0.25, 0.3) is 5.69 Å². The van der Waals surface area contributed by atoms with Gasteiger partial charge in [0.05, 0.1) is 23.5 Å². The monoisotopic (exact) mass is 327 g/mol. The zero-order valence-electron chi connectivity index (χ0n) is 14.6. The van der Waals surface area contributed by atoms with E-state index in [-0.39, 0.29) is 11.9 Å². The van der Waals surface area contributed by atoms with Gasteiger partial charge in [0.2, 0.25) is 5.91 Å². The Balaban J connectivity index is 1.74. The van der Waals surface area contributed by atoms with Gasteiger partial charge in [0.25, 0.3) is 0 Å². The number of aryl methyl sites for hydroxylation is 1. The van der Waals surface area contributed by atoms with Crippen LogP contribution in [0, 0.1) is 19.8 Å². The summed E-state index contributed by atoms with van der Waals surface area (Å²) in [6.45, 7) is 7.48. The van der Waals surface area contributed by atoms with Crippen molar-refractivity contribution in [2.45, 2.75) is 39.7 Å². The molecule has 0 spiro atoms. The molecule has 24 heavy (non-hydrogen) atoms. The number of nitrogens with two attached hydrogens (primary N) is 1. The van der Waals surface area contributed by atoms with Gasteiger partial charge in [-0.1, -0.05) is 22.9 Å². The average Bonchev–Trinajstić information content (AvgIpc) is 3.12. The fraction of sp³-hybridized carbons (Fsp3) is 0.500. The molecule has 0 saturated carbocycles. The first-order chi connectivity index (χ1) is 11.5. The minimum atomic E-state index is 0.109. The number of rotatable bonds is 4. The van der Waals surface area contributed by atoms with Crippen LogP contribution in [0.15, 0.2) is 24.3 Å². The van der Waals surface area contributed by atoms with Crippen LogP contribution in [0.1, 0.15) is 30.3 Å². The Morgan fingerprint density at radius 3 is 2.62 bits per heavy atom. The largest absolute Gasteiger partial charge is 0.339 e. The molecule has 1 fully saturated rings. The van der Waals surface area contributed by atoms with E-state index in [1.54, 1.807) is 4.68 Å². The summed E-state index contributed by atoms with van der Waals surface area (Å²) >= 11 is 0. The van der Waals surface area contributed by atoms with Gasteiger partial charge in [-0.25, -0.2) is 4.68 Å². The molecule has 6 heteroatoms. The highest BCUT2D eigenvalue weighted by Crippen LogP contribution is 2.23. The third-order valence-electron chi connectivity index (χ3n) is 4.90. The van der Waals surface area contributed by atoms with Gasteiger partial charge in [0, 0.05) is 12.6 Å². The van der Waals surface area contributed by atoms with Gasteiger partial charge in [0.1, 0.15) is 0 Å². The summed E-state index contributed by atoms with van der Waals surface area (Å²) in [5.41, 5.74) is 9.56. The van der Waals surface area contributed by atoms with E-state index in [2.05, 4.69) is 17.2 Å². The van der Waals surface area contributed by atoms with Gasteiger partial charge in [-0.3, -0.25) is 4.79 Å². The van der Waals surface area contributed by atoms with Crippen molar-refractivity contribution >= 4 is 5.91 Å². The molecule has 2 atom stereocenters. The smallest absolute Gasteiger partial charge is 0.228 e. The van der Waals surface area contributed by atoms with Gasteiger partial charge in [-0.2, -0.15) is 0 Å². The Morgan fingerprint density at radius 2 is 2.00 bits per heavy atom. The summed E-state index contributed by atoms with van der Waals surface area (Å²) in [7, 11) is 0. The number of likely N-dealkylation sites (tertiary alicyclic amines) is 1. The maximum Gasteiger partial charge on any atom is 0.228 e. The van der Waals surface area contributed by atoms with Crippen LogP contribution in [0.2, 0.25) is 0 Å². The van der Waals surface area contributed by atoms with Crippen LogP contribution in [0.3, 0.4) is 0 Å². The maximum absolute atomic E-state index is 12.6. The van der Waals surface area contributed by atoms with E-state index in [4.69, 9.17) is 5.73 Å². The molecule has 1 aliphatic heterocycles. The molecular formula is C18H25N5O. The third kappa shape index (κ3) is 3.19. The highest BCUT2D eigenvalue weighted by atomic mass is 16.2. The molecule has 128 valence electrons. The lowest BCUT2D eigenvalue weighted by atomic mass is 10.1. The predicted molar refractivity (Wildman–Crippen MR) is 92.9 cm³/mol. The first kappa shape index (κ1) is 16.6. The van der Waals surface area contributed by atoms with Crippen LogP contribution < -0.4 is 5.73 Å². The van der Waals surface area contributed by atoms with Crippen LogP contribution in [0.5, 0.6) is 0 Å². The summed E-state index contributed by atoms with van der Waals surface area (Å²) < 4.78 is 1.79. The predicted octanol–water partition coefficient (Wildman–Crippen LogP) is 1.62. The van der Waals surface area contributed by atoms with Crippen molar-refractivity contribution in [3.63, 3.8) is 0 Å². The number of aromatic nitrogens is 3. The number of hydrogen-bond donors (Lipinski definition) is 1. The molecule has 1 aliphatic rings. The van der Waals surface area contributed by atoms with Gasteiger partial charge in [-0.15, -0.1) is 5.10 Å². The highest BCUT2D eigenvalue weighted by molar-refractivity contribution is 5.79. The molecule has 6 nitrogen and oxygen atoms in total. The molecule has 2 aromatic rings. The lowest BCUT2D eigenvalue weighted by Crippen LogP contribution is -2.35. The Labute approximate surface area is 142 Å². The lowest BCUT2D eigenvalue weighted by Gasteiger charge is -2.21. The molecule has 2 unspecified atom stereocenters. The number of carbonyl (C=O) groups is 1. The van der Waals surface area contributed by atoms with Gasteiger partial charge in [-0.05, 0) is 51.8 Å². The second-order valence-corrected chi connectivity index (χ2v) is 6.78. The second-order valence-electron chi connectivity index (χ2n) is 6.78. The molecule has 2 heterocycles. The zero-order valence-corrected chi connectivity index (χ0v) is 14.6. The number of carbonyl (C=O) groups excluding carboxylic acids is 1. The highest BCUT2D eigenvalue weighted by Gasteiger charge is 2.32. The lowest BCUT2D eigenvalue weighted by molar-refractivity contribution is -0.131. The van der Waals surface area contributed by atoms with Crippen molar-refractivity contribution in [1.82, 2.24) is 19.9 Å². The Morgan fingerprint density at radius 1 is 1.29 bits per heavy atom. The van der Waals surface area contributed by atoms with Crippen molar-refractivity contribution in [3.8, 4) is 5.69 Å². The number of nitrogens with zero attached hydrogens (tertiary/aromatic N) is 4. The Hall–Kier alpha value is -2.21. The maximum atomic E-state index is 12.6. The Kier molecular flexibility index (Phi) is 4.66. The molecule has 0 bridgehead atoms. The fourth-order valence-electron chi connectivity index (χ4n) is 3.36. The standard InChI is InChI=1S/C18H25N5O/c1-12-4-6-16(7-5-12)23-14(3)17(20-21-23)9-18(24)22-11-15(10-19)8-13(22)2/h4-7,13,15H,8-11,19H2,1-3H3. The van der Waals surface area contributed by atoms with Crippen molar-refractivity contribution in [2.75, 3.05) is 13.1 Å².